The Morgan fingerprint density at radius 2 is 1.77 bits per heavy atom. The van der Waals surface area contributed by atoms with Gasteiger partial charge in [0.25, 0.3) is 0 Å². The van der Waals surface area contributed by atoms with Crippen LogP contribution in [0.1, 0.15) is 25.0 Å². The van der Waals surface area contributed by atoms with Gasteiger partial charge in [0.05, 0.1) is 16.5 Å². The van der Waals surface area contributed by atoms with E-state index in [1.807, 2.05) is 30.3 Å². The second-order valence-electron chi connectivity index (χ2n) is 6.94. The van der Waals surface area contributed by atoms with Crippen molar-refractivity contribution in [1.82, 2.24) is 5.32 Å². The van der Waals surface area contributed by atoms with Crippen molar-refractivity contribution < 1.29 is 14.3 Å². The van der Waals surface area contributed by atoms with Crippen LogP contribution < -0.4 is 14.8 Å². The fraction of sp³-hybridized carbons (Fsp3) is 0.350. The normalized spacial score (nSPS) is 13.4. The Labute approximate surface area is 163 Å². The van der Waals surface area contributed by atoms with Gasteiger partial charge in [0, 0.05) is 12.0 Å². The first-order valence-corrected chi connectivity index (χ1v) is 9.21. The molecule has 2 aromatic rings. The zero-order valence-corrected chi connectivity index (χ0v) is 16.3. The summed E-state index contributed by atoms with van der Waals surface area (Å²) in [5, 5.41) is 4.03. The van der Waals surface area contributed by atoms with Gasteiger partial charge in [0.1, 0.15) is 13.2 Å². The van der Waals surface area contributed by atoms with Crippen LogP contribution in [0.4, 0.5) is 0 Å². The molecule has 1 aliphatic rings. The maximum atomic E-state index is 12.3. The molecule has 0 aromatic heterocycles. The molecular weight excluding hydrogens is 373 g/mol. The number of nitrogens with one attached hydrogen (secondary N) is 1. The number of benzene rings is 2. The van der Waals surface area contributed by atoms with E-state index < -0.39 is 0 Å². The molecular formula is C20H21Cl2NO3. The van der Waals surface area contributed by atoms with E-state index in [0.29, 0.717) is 35.6 Å². The summed E-state index contributed by atoms with van der Waals surface area (Å²) in [7, 11) is 0. The van der Waals surface area contributed by atoms with Crippen molar-refractivity contribution in [2.75, 3.05) is 19.8 Å². The fourth-order valence-corrected chi connectivity index (χ4v) is 3.08. The van der Waals surface area contributed by atoms with E-state index in [0.717, 1.165) is 16.9 Å². The van der Waals surface area contributed by atoms with Crippen LogP contribution in [0.3, 0.4) is 0 Å². The Hall–Kier alpha value is -1.91. The van der Waals surface area contributed by atoms with E-state index in [2.05, 4.69) is 19.2 Å². The van der Waals surface area contributed by atoms with E-state index in [1.54, 1.807) is 6.07 Å². The molecule has 3 rings (SSSR count). The van der Waals surface area contributed by atoms with Crippen LogP contribution in [-0.4, -0.2) is 25.7 Å². The number of ether oxygens (including phenoxy) is 2. The minimum absolute atomic E-state index is 0.0465. The van der Waals surface area contributed by atoms with Gasteiger partial charge in [-0.3, -0.25) is 4.79 Å². The van der Waals surface area contributed by atoms with E-state index >= 15 is 0 Å². The zero-order valence-electron chi connectivity index (χ0n) is 14.8. The summed E-state index contributed by atoms with van der Waals surface area (Å²) in [6, 6.07) is 11.1. The SMILES string of the molecule is CC(C)(CNC(=O)Cc1ccc2c(c1)OCCO2)c1ccc(Cl)c(Cl)c1. The summed E-state index contributed by atoms with van der Waals surface area (Å²) in [6.45, 7) is 5.68. The van der Waals surface area contributed by atoms with Crippen LogP contribution in [0, 0.1) is 0 Å². The molecule has 2 aromatic carbocycles. The standard InChI is InChI=1S/C20H21Cl2NO3/c1-20(2,14-4-5-15(21)16(22)11-14)12-23-19(24)10-13-3-6-17-18(9-13)26-8-7-25-17/h3-6,9,11H,7-8,10,12H2,1-2H3,(H,23,24). The van der Waals surface area contributed by atoms with Crippen LogP contribution in [0.15, 0.2) is 36.4 Å². The third-order valence-corrected chi connectivity index (χ3v) is 5.14. The smallest absolute Gasteiger partial charge is 0.224 e. The van der Waals surface area contributed by atoms with Gasteiger partial charge in [-0.1, -0.05) is 49.2 Å². The zero-order chi connectivity index (χ0) is 18.7. The van der Waals surface area contributed by atoms with Crippen LogP contribution in [-0.2, 0) is 16.6 Å². The lowest BCUT2D eigenvalue weighted by Gasteiger charge is -2.26. The third-order valence-electron chi connectivity index (χ3n) is 4.40. The molecule has 0 saturated heterocycles. The molecule has 0 aliphatic carbocycles. The Kier molecular flexibility index (Phi) is 5.64. The van der Waals surface area contributed by atoms with Gasteiger partial charge in [-0.2, -0.15) is 0 Å². The minimum Gasteiger partial charge on any atom is -0.486 e. The Morgan fingerprint density at radius 3 is 2.50 bits per heavy atom. The molecule has 26 heavy (non-hydrogen) atoms. The van der Waals surface area contributed by atoms with E-state index in [9.17, 15) is 4.79 Å². The largest absolute Gasteiger partial charge is 0.486 e. The first kappa shape index (κ1) is 18.9. The predicted octanol–water partition coefficient (Wildman–Crippen LogP) is 4.40. The van der Waals surface area contributed by atoms with E-state index in [4.69, 9.17) is 32.7 Å². The quantitative estimate of drug-likeness (QED) is 0.818. The highest BCUT2D eigenvalue weighted by Crippen LogP contribution is 2.31. The number of rotatable bonds is 5. The molecule has 1 amide bonds. The van der Waals surface area contributed by atoms with Gasteiger partial charge in [-0.05, 0) is 35.4 Å². The summed E-state index contributed by atoms with van der Waals surface area (Å²) >= 11 is 12.1. The van der Waals surface area contributed by atoms with E-state index in [1.165, 1.54) is 0 Å². The Bertz CT molecular complexity index is 821. The van der Waals surface area contributed by atoms with Crippen molar-refractivity contribution in [3.8, 4) is 11.5 Å². The molecule has 4 nitrogen and oxygen atoms in total. The second-order valence-corrected chi connectivity index (χ2v) is 7.76. The van der Waals surface area contributed by atoms with Crippen LogP contribution >= 0.6 is 23.2 Å². The number of hydrogen-bond acceptors (Lipinski definition) is 3. The summed E-state index contributed by atoms with van der Waals surface area (Å²) < 4.78 is 11.1. The summed E-state index contributed by atoms with van der Waals surface area (Å²) in [5.74, 6) is 1.37. The lowest BCUT2D eigenvalue weighted by atomic mass is 9.84. The molecule has 138 valence electrons. The Morgan fingerprint density at radius 1 is 1.04 bits per heavy atom. The molecule has 0 spiro atoms. The molecule has 0 radical (unpaired) electrons. The van der Waals surface area contributed by atoms with Gasteiger partial charge in [-0.15, -0.1) is 0 Å². The number of hydrogen-bond donors (Lipinski definition) is 1. The third kappa shape index (κ3) is 4.43. The molecule has 0 saturated carbocycles. The monoisotopic (exact) mass is 393 g/mol. The van der Waals surface area contributed by atoms with Crippen molar-refractivity contribution in [2.24, 2.45) is 0 Å². The first-order valence-electron chi connectivity index (χ1n) is 8.46. The van der Waals surface area contributed by atoms with Gasteiger partial charge < -0.3 is 14.8 Å². The molecule has 6 heteroatoms. The molecule has 1 aliphatic heterocycles. The number of carbonyl (C=O) groups is 1. The van der Waals surface area contributed by atoms with Gasteiger partial charge in [0.15, 0.2) is 11.5 Å². The van der Waals surface area contributed by atoms with Crippen LogP contribution in [0.5, 0.6) is 11.5 Å². The number of amides is 1. The minimum atomic E-state index is -0.267. The van der Waals surface area contributed by atoms with Crippen LogP contribution in [0.25, 0.3) is 0 Å². The highest BCUT2D eigenvalue weighted by Gasteiger charge is 2.22. The average molecular weight is 394 g/mol. The van der Waals surface area contributed by atoms with Crippen LogP contribution in [0.2, 0.25) is 10.0 Å². The van der Waals surface area contributed by atoms with Gasteiger partial charge in [0.2, 0.25) is 5.91 Å². The van der Waals surface area contributed by atoms with Crippen molar-refractivity contribution in [3.63, 3.8) is 0 Å². The van der Waals surface area contributed by atoms with Crippen molar-refractivity contribution >= 4 is 29.1 Å². The number of carbonyl (C=O) groups excluding carboxylic acids is 1. The summed E-state index contributed by atoms with van der Waals surface area (Å²) in [6.07, 6.45) is 0.286. The number of fused-ring (bicyclic) bond motifs is 1. The van der Waals surface area contributed by atoms with Crippen molar-refractivity contribution in [1.29, 1.82) is 0 Å². The molecule has 0 atom stereocenters. The van der Waals surface area contributed by atoms with E-state index in [-0.39, 0.29) is 17.7 Å². The molecule has 1 heterocycles. The number of halogens is 2. The first-order chi connectivity index (χ1) is 12.3. The lowest BCUT2D eigenvalue weighted by molar-refractivity contribution is -0.120. The Balaban J connectivity index is 1.60. The fourth-order valence-electron chi connectivity index (χ4n) is 2.78. The topological polar surface area (TPSA) is 47.6 Å². The predicted molar refractivity (Wildman–Crippen MR) is 104 cm³/mol. The molecule has 1 N–H and O–H groups in total. The highest BCUT2D eigenvalue weighted by molar-refractivity contribution is 6.42. The second kappa shape index (κ2) is 7.77. The van der Waals surface area contributed by atoms with Gasteiger partial charge >= 0.3 is 0 Å². The summed E-state index contributed by atoms with van der Waals surface area (Å²) in [5.41, 5.74) is 1.64. The van der Waals surface area contributed by atoms with Gasteiger partial charge in [-0.25, -0.2) is 0 Å². The maximum absolute atomic E-state index is 12.3. The molecule has 0 bridgehead atoms. The average Bonchev–Trinajstić information content (AvgIpc) is 2.62. The van der Waals surface area contributed by atoms with Crippen molar-refractivity contribution in [2.45, 2.75) is 25.7 Å². The highest BCUT2D eigenvalue weighted by atomic mass is 35.5. The molecule has 0 unspecified atom stereocenters. The molecule has 0 fully saturated rings. The summed E-state index contributed by atoms with van der Waals surface area (Å²) in [4.78, 5) is 12.3. The van der Waals surface area contributed by atoms with Crippen molar-refractivity contribution in [3.05, 3.63) is 57.6 Å². The maximum Gasteiger partial charge on any atom is 0.224 e. The lowest BCUT2D eigenvalue weighted by Crippen LogP contribution is -2.37.